The van der Waals surface area contributed by atoms with E-state index in [0.717, 1.165) is 0 Å². The van der Waals surface area contributed by atoms with Crippen LogP contribution in [0.1, 0.15) is 0 Å². The highest BCUT2D eigenvalue weighted by atomic mass is 19.4. The Hall–Kier alpha value is -1.17. The van der Waals surface area contributed by atoms with Crippen LogP contribution in [0.3, 0.4) is 0 Å². The van der Waals surface area contributed by atoms with Crippen molar-refractivity contribution in [1.29, 1.82) is 0 Å². The lowest BCUT2D eigenvalue weighted by Crippen LogP contribution is -2.65. The molecular formula is C8HF13. The van der Waals surface area contributed by atoms with Crippen molar-refractivity contribution in [3.63, 3.8) is 0 Å². The molecule has 1 aliphatic carbocycles. The quantitative estimate of drug-likeness (QED) is 0.550. The lowest BCUT2D eigenvalue weighted by molar-refractivity contribution is -0.361. The summed E-state index contributed by atoms with van der Waals surface area (Å²) in [5, 5.41) is 0. The fraction of sp³-hybridized carbons (Fsp3) is 0.750. The van der Waals surface area contributed by atoms with Crippen molar-refractivity contribution in [3.8, 4) is 0 Å². The van der Waals surface area contributed by atoms with Crippen molar-refractivity contribution in [2.75, 3.05) is 0 Å². The van der Waals surface area contributed by atoms with Crippen molar-refractivity contribution in [3.05, 3.63) is 11.4 Å². The molecule has 0 saturated carbocycles. The molecule has 1 aliphatic rings. The molecule has 0 fully saturated rings. The number of alkyl halides is 12. The zero-order valence-corrected chi connectivity index (χ0v) is 8.99. The summed E-state index contributed by atoms with van der Waals surface area (Å²) in [7, 11) is 0. The summed E-state index contributed by atoms with van der Waals surface area (Å²) in [5.41, 5.74) is -4.27. The molecule has 0 radical (unpaired) electrons. The van der Waals surface area contributed by atoms with Crippen molar-refractivity contribution < 1.29 is 57.1 Å². The van der Waals surface area contributed by atoms with Gasteiger partial charge in [-0.1, -0.05) is 0 Å². The van der Waals surface area contributed by atoms with Gasteiger partial charge in [-0.3, -0.25) is 0 Å². The normalized spacial score (nSPS) is 28.7. The van der Waals surface area contributed by atoms with Crippen LogP contribution in [0.5, 0.6) is 0 Å². The minimum Gasteiger partial charge on any atom is -0.210 e. The number of hydrogen-bond acceptors (Lipinski definition) is 0. The summed E-state index contributed by atoms with van der Waals surface area (Å²) in [4.78, 5) is 0. The van der Waals surface area contributed by atoms with Gasteiger partial charge in [0.05, 0.1) is 0 Å². The molecule has 124 valence electrons. The molecule has 0 amide bonds. The van der Waals surface area contributed by atoms with Gasteiger partial charge in [0.2, 0.25) is 0 Å². The van der Waals surface area contributed by atoms with Crippen LogP contribution >= 0.6 is 0 Å². The van der Waals surface area contributed by atoms with Crippen LogP contribution in [0.25, 0.3) is 0 Å². The first-order chi connectivity index (χ1) is 8.90. The van der Waals surface area contributed by atoms with Gasteiger partial charge in [0.1, 0.15) is 11.4 Å². The van der Waals surface area contributed by atoms with E-state index in [4.69, 9.17) is 0 Å². The van der Waals surface area contributed by atoms with Crippen LogP contribution in [0.2, 0.25) is 0 Å². The van der Waals surface area contributed by atoms with Gasteiger partial charge in [-0.25, -0.2) is 4.39 Å². The van der Waals surface area contributed by atoms with Crippen LogP contribution in [0.4, 0.5) is 57.1 Å². The van der Waals surface area contributed by atoms with E-state index >= 15 is 0 Å². The fourth-order valence-electron chi connectivity index (χ4n) is 1.66. The number of rotatable bonds is 0. The molecule has 0 saturated heterocycles. The SMILES string of the molecule is FC1=C(C(F)(F)F)C(F)(F)C(F)(F)C(F)(F)C1C(F)(F)F. The minimum atomic E-state index is -7.10. The monoisotopic (exact) mass is 344 g/mol. The van der Waals surface area contributed by atoms with E-state index in [2.05, 4.69) is 0 Å². The number of halogens is 13. The first-order valence-electron chi connectivity index (χ1n) is 4.57. The third-order valence-electron chi connectivity index (χ3n) is 2.59. The summed E-state index contributed by atoms with van der Waals surface area (Å²) in [6.45, 7) is 0. The second-order valence-electron chi connectivity index (χ2n) is 3.97. The van der Waals surface area contributed by atoms with Gasteiger partial charge in [-0.2, -0.15) is 52.7 Å². The Balaban J connectivity index is 3.85. The average molecular weight is 344 g/mol. The Morgan fingerprint density at radius 3 is 1.43 bits per heavy atom. The summed E-state index contributed by atoms with van der Waals surface area (Å²) in [6, 6.07) is 0. The molecule has 0 bridgehead atoms. The second kappa shape index (κ2) is 4.18. The molecule has 0 N–H and O–H groups in total. The molecule has 0 aromatic heterocycles. The van der Waals surface area contributed by atoms with Crippen molar-refractivity contribution >= 4 is 0 Å². The van der Waals surface area contributed by atoms with E-state index < -0.39 is 47.4 Å². The lowest BCUT2D eigenvalue weighted by Gasteiger charge is -2.42. The van der Waals surface area contributed by atoms with Crippen LogP contribution in [0.15, 0.2) is 11.4 Å². The molecule has 0 aromatic carbocycles. The Morgan fingerprint density at radius 1 is 0.762 bits per heavy atom. The van der Waals surface area contributed by atoms with Gasteiger partial charge in [0, 0.05) is 0 Å². The maximum atomic E-state index is 13.0. The van der Waals surface area contributed by atoms with Gasteiger partial charge < -0.3 is 0 Å². The summed E-state index contributed by atoms with van der Waals surface area (Å²) < 4.78 is 163. The minimum absolute atomic E-state index is 4.09. The van der Waals surface area contributed by atoms with Gasteiger partial charge in [-0.15, -0.1) is 0 Å². The zero-order valence-electron chi connectivity index (χ0n) is 8.99. The van der Waals surface area contributed by atoms with Crippen LogP contribution in [0, 0.1) is 5.92 Å². The molecule has 0 aromatic rings. The predicted octanol–water partition coefficient (Wildman–Crippen LogP) is 4.87. The van der Waals surface area contributed by atoms with Crippen LogP contribution in [-0.2, 0) is 0 Å². The Labute approximate surface area is 106 Å². The van der Waals surface area contributed by atoms with Crippen molar-refractivity contribution in [1.82, 2.24) is 0 Å². The molecule has 0 heterocycles. The summed E-state index contributed by atoms with van der Waals surface area (Å²) >= 11 is 0. The highest BCUT2D eigenvalue weighted by molar-refractivity contribution is 5.35. The fourth-order valence-corrected chi connectivity index (χ4v) is 1.66. The maximum Gasteiger partial charge on any atom is 0.421 e. The van der Waals surface area contributed by atoms with Gasteiger partial charge in [-0.05, 0) is 0 Å². The van der Waals surface area contributed by atoms with E-state index in [1.165, 1.54) is 0 Å². The molecule has 0 spiro atoms. The third-order valence-corrected chi connectivity index (χ3v) is 2.59. The Kier molecular flexibility index (Phi) is 3.56. The molecule has 21 heavy (non-hydrogen) atoms. The van der Waals surface area contributed by atoms with E-state index in [1.807, 2.05) is 0 Å². The first kappa shape index (κ1) is 17.9. The Bertz CT molecular complexity index is 462. The third kappa shape index (κ3) is 2.24. The molecule has 1 rings (SSSR count). The Morgan fingerprint density at radius 2 is 1.14 bits per heavy atom. The molecule has 1 unspecified atom stereocenters. The van der Waals surface area contributed by atoms with Crippen LogP contribution < -0.4 is 0 Å². The van der Waals surface area contributed by atoms with E-state index in [0.29, 0.717) is 0 Å². The van der Waals surface area contributed by atoms with E-state index in [-0.39, 0.29) is 0 Å². The number of hydrogen-bond donors (Lipinski definition) is 0. The van der Waals surface area contributed by atoms with E-state index in [1.54, 1.807) is 0 Å². The van der Waals surface area contributed by atoms with Gasteiger partial charge in [0.25, 0.3) is 0 Å². The van der Waals surface area contributed by atoms with E-state index in [9.17, 15) is 57.1 Å². The predicted molar refractivity (Wildman–Crippen MR) is 38.6 cm³/mol. The first-order valence-corrected chi connectivity index (χ1v) is 4.57. The molecular weight excluding hydrogens is 343 g/mol. The standard InChI is InChI=1S/C8HF13/c9-1-2(6(14,15)16)4(10,11)8(20,21)5(12,13)3(1)7(17,18)19/h2H. The van der Waals surface area contributed by atoms with Crippen molar-refractivity contribution in [2.45, 2.75) is 30.1 Å². The topological polar surface area (TPSA) is 0 Å². The highest BCUT2D eigenvalue weighted by Gasteiger charge is 2.85. The molecule has 0 aliphatic heterocycles. The van der Waals surface area contributed by atoms with Crippen LogP contribution in [-0.4, -0.2) is 30.1 Å². The summed E-state index contributed by atoms with van der Waals surface area (Å²) in [6.07, 6.45) is -13.4. The smallest absolute Gasteiger partial charge is 0.210 e. The number of allylic oxidation sites excluding steroid dienone is 2. The van der Waals surface area contributed by atoms with Gasteiger partial charge in [0.15, 0.2) is 5.92 Å². The molecule has 0 nitrogen and oxygen atoms in total. The van der Waals surface area contributed by atoms with Crippen molar-refractivity contribution in [2.24, 2.45) is 5.92 Å². The summed E-state index contributed by atoms with van der Waals surface area (Å²) in [5.74, 6) is -30.2. The highest BCUT2D eigenvalue weighted by Crippen LogP contribution is 2.64. The average Bonchev–Trinajstić information content (AvgIpc) is 2.08. The largest absolute Gasteiger partial charge is 0.421 e. The zero-order chi connectivity index (χ0) is 17.2. The molecule has 1 atom stereocenters. The maximum absolute atomic E-state index is 13.0. The second-order valence-corrected chi connectivity index (χ2v) is 3.97. The molecule has 13 heteroatoms. The van der Waals surface area contributed by atoms with Gasteiger partial charge >= 0.3 is 30.1 Å². The lowest BCUT2D eigenvalue weighted by atomic mass is 9.79.